The molecule has 3 rings (SSSR count). The number of aromatic hydroxyl groups is 1. The molecule has 39 heavy (non-hydrogen) atoms. The van der Waals surface area contributed by atoms with E-state index in [9.17, 15) is 10.2 Å². The van der Waals surface area contributed by atoms with E-state index in [4.69, 9.17) is 4.74 Å². The predicted octanol–water partition coefficient (Wildman–Crippen LogP) is 8.08. The Balaban J connectivity index is 0.00000260. The van der Waals surface area contributed by atoms with Gasteiger partial charge in [-0.15, -0.1) is 0 Å². The second kappa shape index (κ2) is 16.2. The number of nitrogens with one attached hydrogen (secondary N) is 2. The number of phenolic OH excluding ortho intramolecular Hbond substituents is 1. The molecule has 4 N–H and O–H groups in total. The molecular formula is C34H50N2O3. The van der Waals surface area contributed by atoms with Crippen LogP contribution in [0.1, 0.15) is 72.8 Å². The Labute approximate surface area is 236 Å². The maximum absolute atomic E-state index is 11.0. The molecule has 5 nitrogen and oxygen atoms in total. The van der Waals surface area contributed by atoms with Crippen molar-refractivity contribution in [1.82, 2.24) is 10.6 Å². The van der Waals surface area contributed by atoms with Crippen molar-refractivity contribution in [3.8, 4) is 22.6 Å². The van der Waals surface area contributed by atoms with Gasteiger partial charge in [0.2, 0.25) is 0 Å². The lowest BCUT2D eigenvalue weighted by atomic mass is 9.86. The Morgan fingerprint density at radius 2 is 1.67 bits per heavy atom. The van der Waals surface area contributed by atoms with Gasteiger partial charge in [0.05, 0.1) is 7.11 Å². The lowest BCUT2D eigenvalue weighted by Crippen LogP contribution is -2.47. The van der Waals surface area contributed by atoms with Crippen molar-refractivity contribution >= 4 is 0 Å². The molecular weight excluding hydrogens is 484 g/mol. The van der Waals surface area contributed by atoms with Crippen LogP contribution in [0.2, 0.25) is 0 Å². The van der Waals surface area contributed by atoms with Gasteiger partial charge >= 0.3 is 0 Å². The highest BCUT2D eigenvalue weighted by molar-refractivity contribution is 5.76. The smallest absolute Gasteiger partial charge is 0.128 e. The highest BCUT2D eigenvalue weighted by Crippen LogP contribution is 2.37. The molecule has 0 saturated heterocycles. The first kappa shape index (κ1) is 32.2. The third-order valence-electron chi connectivity index (χ3n) is 7.03. The topological polar surface area (TPSA) is 73.8 Å². The zero-order valence-corrected chi connectivity index (χ0v) is 25.1. The SMILES string of the molecule is CC.CCCCC1=CC=C(O)C(CNC(CNCc2cccc(-c3ccccc3OC)c2O)C(C)(C)C)=CC1. The van der Waals surface area contributed by atoms with Crippen molar-refractivity contribution in [2.24, 2.45) is 5.41 Å². The van der Waals surface area contributed by atoms with Gasteiger partial charge in [-0.05, 0) is 36.8 Å². The van der Waals surface area contributed by atoms with E-state index in [1.807, 2.05) is 62.4 Å². The average Bonchev–Trinajstić information content (AvgIpc) is 3.11. The molecule has 1 aliphatic rings. The zero-order valence-electron chi connectivity index (χ0n) is 25.1. The van der Waals surface area contributed by atoms with Gasteiger partial charge in [-0.1, -0.05) is 102 Å². The van der Waals surface area contributed by atoms with Crippen molar-refractivity contribution < 1.29 is 14.9 Å². The van der Waals surface area contributed by atoms with Crippen LogP contribution < -0.4 is 15.4 Å². The summed E-state index contributed by atoms with van der Waals surface area (Å²) in [5.74, 6) is 1.35. The Kier molecular flexibility index (Phi) is 13.3. The van der Waals surface area contributed by atoms with Gasteiger partial charge in [-0.25, -0.2) is 0 Å². The number of unbranched alkanes of at least 4 members (excludes halogenated alkanes) is 1. The number of aliphatic hydroxyl groups is 1. The molecule has 0 aromatic heterocycles. The summed E-state index contributed by atoms with van der Waals surface area (Å²) in [6, 6.07) is 13.7. The van der Waals surface area contributed by atoms with Crippen LogP contribution in [0.25, 0.3) is 11.1 Å². The summed E-state index contributed by atoms with van der Waals surface area (Å²) in [7, 11) is 1.64. The van der Waals surface area contributed by atoms with Crippen LogP contribution in [0, 0.1) is 5.41 Å². The number of ether oxygens (including phenoxy) is 1. The van der Waals surface area contributed by atoms with Crippen molar-refractivity contribution in [3.63, 3.8) is 0 Å². The second-order valence-electron chi connectivity index (χ2n) is 10.9. The largest absolute Gasteiger partial charge is 0.508 e. The number of aliphatic hydroxyl groups excluding tert-OH is 1. The van der Waals surface area contributed by atoms with Crippen molar-refractivity contribution in [2.45, 2.75) is 79.8 Å². The minimum atomic E-state index is 0.00343. The van der Waals surface area contributed by atoms with Gasteiger partial charge in [-0.2, -0.15) is 0 Å². The Morgan fingerprint density at radius 1 is 0.949 bits per heavy atom. The third-order valence-corrected chi connectivity index (χ3v) is 7.03. The number of hydrogen-bond acceptors (Lipinski definition) is 5. The number of hydrogen-bond donors (Lipinski definition) is 4. The first-order valence-electron chi connectivity index (χ1n) is 14.4. The predicted molar refractivity (Wildman–Crippen MR) is 165 cm³/mol. The van der Waals surface area contributed by atoms with E-state index in [-0.39, 0.29) is 17.2 Å². The number of para-hydroxylation sites is 2. The average molecular weight is 535 g/mol. The first-order valence-corrected chi connectivity index (χ1v) is 14.4. The summed E-state index contributed by atoms with van der Waals surface area (Å²) < 4.78 is 5.50. The van der Waals surface area contributed by atoms with E-state index < -0.39 is 0 Å². The highest BCUT2D eigenvalue weighted by Gasteiger charge is 2.25. The monoisotopic (exact) mass is 534 g/mol. The van der Waals surface area contributed by atoms with E-state index in [2.05, 4.69) is 50.5 Å². The Bertz CT molecular complexity index is 1130. The van der Waals surface area contributed by atoms with Gasteiger partial charge in [0.1, 0.15) is 17.3 Å². The highest BCUT2D eigenvalue weighted by atomic mass is 16.5. The maximum atomic E-state index is 11.0. The molecule has 0 aliphatic heterocycles. The van der Waals surface area contributed by atoms with Gasteiger partial charge < -0.3 is 25.6 Å². The van der Waals surface area contributed by atoms with Crippen LogP contribution in [0.5, 0.6) is 11.5 Å². The van der Waals surface area contributed by atoms with Crippen molar-refractivity contribution in [1.29, 1.82) is 0 Å². The first-order chi connectivity index (χ1) is 18.7. The van der Waals surface area contributed by atoms with E-state index in [0.29, 0.717) is 18.8 Å². The molecule has 0 amide bonds. The van der Waals surface area contributed by atoms with Crippen molar-refractivity contribution in [2.75, 3.05) is 20.2 Å². The summed E-state index contributed by atoms with van der Waals surface area (Å²) in [5.41, 5.74) is 4.79. The summed E-state index contributed by atoms with van der Waals surface area (Å²) in [4.78, 5) is 0. The van der Waals surface area contributed by atoms with Crippen molar-refractivity contribution in [3.05, 3.63) is 83.2 Å². The number of rotatable bonds is 12. The van der Waals surface area contributed by atoms with Gasteiger partial charge in [0, 0.05) is 47.9 Å². The molecule has 0 saturated carbocycles. The molecule has 0 bridgehead atoms. The fourth-order valence-corrected chi connectivity index (χ4v) is 4.57. The normalized spacial score (nSPS) is 14.3. The minimum Gasteiger partial charge on any atom is -0.508 e. The number of methoxy groups -OCH3 is 1. The summed E-state index contributed by atoms with van der Waals surface area (Å²) in [6.07, 6.45) is 10.4. The number of benzene rings is 2. The molecule has 2 aromatic rings. The van der Waals surface area contributed by atoms with E-state index in [0.717, 1.165) is 47.4 Å². The van der Waals surface area contributed by atoms with Crippen LogP contribution >= 0.6 is 0 Å². The minimum absolute atomic E-state index is 0.00343. The summed E-state index contributed by atoms with van der Waals surface area (Å²) >= 11 is 0. The zero-order chi connectivity index (χ0) is 28.8. The standard InChI is InChI=1S/C32H44N2O3.C2H6/c1-6-7-11-23-16-18-24(28(35)19-17-23)21-34-30(32(2,3)4)22-33-20-25-12-10-14-27(31(25)36)26-13-8-9-15-29(26)37-5;1-2/h8-10,12-15,17-19,30,33-36H,6-7,11,16,20-22H2,1-5H3;1-2H3. The molecule has 2 aromatic carbocycles. The second-order valence-corrected chi connectivity index (χ2v) is 10.9. The lowest BCUT2D eigenvalue weighted by molar-refractivity contribution is 0.263. The molecule has 1 aliphatic carbocycles. The fourth-order valence-electron chi connectivity index (χ4n) is 4.57. The quantitative estimate of drug-likeness (QED) is 0.222. The van der Waals surface area contributed by atoms with Gasteiger partial charge in [0.25, 0.3) is 0 Å². The molecule has 0 fully saturated rings. The number of phenols is 1. The maximum Gasteiger partial charge on any atom is 0.128 e. The van der Waals surface area contributed by atoms with Crippen LogP contribution in [0.15, 0.2) is 77.6 Å². The van der Waals surface area contributed by atoms with Gasteiger partial charge in [-0.3, -0.25) is 0 Å². The van der Waals surface area contributed by atoms with E-state index in [1.165, 1.54) is 18.4 Å². The third kappa shape index (κ3) is 9.59. The van der Waals surface area contributed by atoms with Crippen LogP contribution in [0.4, 0.5) is 0 Å². The van der Waals surface area contributed by atoms with Crippen LogP contribution in [-0.4, -0.2) is 36.5 Å². The van der Waals surface area contributed by atoms with Crippen LogP contribution in [-0.2, 0) is 6.54 Å². The Hall–Kier alpha value is -3.02. The molecule has 214 valence electrons. The molecule has 0 heterocycles. The molecule has 0 radical (unpaired) electrons. The summed E-state index contributed by atoms with van der Waals surface area (Å²) in [5, 5.41) is 28.8. The molecule has 1 unspecified atom stereocenters. The molecule has 5 heteroatoms. The van der Waals surface area contributed by atoms with E-state index in [1.54, 1.807) is 7.11 Å². The Morgan fingerprint density at radius 3 is 2.36 bits per heavy atom. The molecule has 1 atom stereocenters. The van der Waals surface area contributed by atoms with Crippen LogP contribution in [0.3, 0.4) is 0 Å². The number of allylic oxidation sites excluding steroid dienone is 4. The van der Waals surface area contributed by atoms with E-state index >= 15 is 0 Å². The lowest BCUT2D eigenvalue weighted by Gasteiger charge is -2.32. The van der Waals surface area contributed by atoms with Gasteiger partial charge in [0.15, 0.2) is 0 Å². The molecule has 0 spiro atoms. The summed E-state index contributed by atoms with van der Waals surface area (Å²) in [6.45, 7) is 14.7. The fraction of sp³-hybridized carbons (Fsp3) is 0.471.